The van der Waals surface area contributed by atoms with Gasteiger partial charge in [0.2, 0.25) is 0 Å². The van der Waals surface area contributed by atoms with Crippen LogP contribution >= 0.6 is 0 Å². The van der Waals surface area contributed by atoms with E-state index >= 15 is 0 Å². The average Bonchev–Trinajstić information content (AvgIpc) is 2.12. The molecule has 5 nitrogen and oxygen atoms in total. The van der Waals surface area contributed by atoms with Gasteiger partial charge in [-0.1, -0.05) is 0 Å². The maximum atomic E-state index is 10.4. The summed E-state index contributed by atoms with van der Waals surface area (Å²) in [6, 6.07) is 1.54. The molecule has 1 aromatic rings. The summed E-state index contributed by atoms with van der Waals surface area (Å²) in [5, 5.41) is 3.74. The van der Waals surface area contributed by atoms with Gasteiger partial charge in [-0.15, -0.1) is 0 Å². The van der Waals surface area contributed by atoms with Crippen LogP contribution in [0.3, 0.4) is 0 Å². The van der Waals surface area contributed by atoms with Crippen LogP contribution in [0.15, 0.2) is 12.3 Å². The van der Waals surface area contributed by atoms with Crippen LogP contribution in [-0.4, -0.2) is 22.8 Å². The molecule has 0 spiro atoms. The molecule has 0 saturated heterocycles. The van der Waals surface area contributed by atoms with Gasteiger partial charge in [-0.2, -0.15) is 13.5 Å². The van der Waals surface area contributed by atoms with Crippen LogP contribution in [0.1, 0.15) is 5.69 Å². The van der Waals surface area contributed by atoms with Crippen molar-refractivity contribution in [1.29, 1.82) is 0 Å². The summed E-state index contributed by atoms with van der Waals surface area (Å²) in [4.78, 5) is 0. The quantitative estimate of drug-likeness (QED) is 0.634. The fourth-order valence-electron chi connectivity index (χ4n) is 0.730. The summed E-state index contributed by atoms with van der Waals surface area (Å²) in [6.07, 6.45) is 1.47. The van der Waals surface area contributed by atoms with E-state index in [9.17, 15) is 8.42 Å². The molecule has 6 heteroatoms. The molecule has 0 radical (unpaired) electrons. The number of hydrogen-bond donors (Lipinski definition) is 1. The molecule has 1 aromatic heterocycles. The molecule has 1 heterocycles. The normalized spacial score (nSPS) is 11.8. The summed E-state index contributed by atoms with van der Waals surface area (Å²) >= 11 is 0. The predicted molar refractivity (Wildman–Crippen MR) is 38.5 cm³/mol. The zero-order valence-electron chi connectivity index (χ0n) is 5.93. The van der Waals surface area contributed by atoms with Crippen LogP contribution in [-0.2, 0) is 22.9 Å². The Balaban J connectivity index is 2.89. The number of rotatable bonds is 2. The Morgan fingerprint density at radius 3 is 2.73 bits per heavy atom. The van der Waals surface area contributed by atoms with Crippen LogP contribution in [0.4, 0.5) is 0 Å². The largest absolute Gasteiger partial charge is 0.285 e. The Hall–Kier alpha value is -0.880. The molecule has 0 aromatic carbocycles. The maximum Gasteiger partial charge on any atom is 0.270 e. The van der Waals surface area contributed by atoms with Gasteiger partial charge in [0.05, 0.1) is 5.69 Å². The van der Waals surface area contributed by atoms with E-state index < -0.39 is 10.1 Å². The van der Waals surface area contributed by atoms with Gasteiger partial charge in [0, 0.05) is 13.2 Å². The Morgan fingerprint density at radius 2 is 2.36 bits per heavy atom. The minimum absolute atomic E-state index is 0.385. The van der Waals surface area contributed by atoms with Crippen LogP contribution in [0.5, 0.6) is 0 Å². The van der Waals surface area contributed by atoms with E-state index in [1.165, 1.54) is 16.9 Å². The van der Waals surface area contributed by atoms with E-state index in [1.54, 1.807) is 7.05 Å². The predicted octanol–water partition coefficient (Wildman–Crippen LogP) is -0.192. The van der Waals surface area contributed by atoms with Gasteiger partial charge in [-0.3, -0.25) is 9.23 Å². The van der Waals surface area contributed by atoms with E-state index in [0.29, 0.717) is 5.69 Å². The summed E-state index contributed by atoms with van der Waals surface area (Å²) in [5.74, 6) is -0.385. The second kappa shape index (κ2) is 2.63. The lowest BCUT2D eigenvalue weighted by atomic mass is 10.5. The molecular weight excluding hydrogens is 168 g/mol. The highest BCUT2D eigenvalue weighted by Gasteiger charge is 2.08. The Morgan fingerprint density at radius 1 is 1.73 bits per heavy atom. The first kappa shape index (κ1) is 8.22. The average molecular weight is 176 g/mol. The van der Waals surface area contributed by atoms with Gasteiger partial charge in [0.15, 0.2) is 0 Å². The molecule has 0 fully saturated rings. The smallest absolute Gasteiger partial charge is 0.270 e. The molecule has 0 amide bonds. The monoisotopic (exact) mass is 176 g/mol. The van der Waals surface area contributed by atoms with E-state index in [0.717, 1.165) is 0 Å². The van der Waals surface area contributed by atoms with Crippen LogP contribution < -0.4 is 0 Å². The second-order valence-electron chi connectivity index (χ2n) is 2.17. The lowest BCUT2D eigenvalue weighted by Crippen LogP contribution is -2.06. The third-order valence-electron chi connectivity index (χ3n) is 1.25. The van der Waals surface area contributed by atoms with Crippen LogP contribution in [0.2, 0.25) is 0 Å². The third kappa shape index (κ3) is 2.32. The van der Waals surface area contributed by atoms with Crippen molar-refractivity contribution in [3.63, 3.8) is 0 Å². The fraction of sp³-hybridized carbons (Fsp3) is 0.400. The highest BCUT2D eigenvalue weighted by molar-refractivity contribution is 7.85. The molecule has 0 aliphatic rings. The lowest BCUT2D eigenvalue weighted by molar-refractivity contribution is 0.480. The van der Waals surface area contributed by atoms with Gasteiger partial charge in [0.1, 0.15) is 5.75 Å². The van der Waals surface area contributed by atoms with Crippen molar-refractivity contribution in [2.75, 3.05) is 0 Å². The summed E-state index contributed by atoms with van der Waals surface area (Å²) in [5.41, 5.74) is 0.465. The first-order valence-corrected chi connectivity index (χ1v) is 4.52. The van der Waals surface area contributed by atoms with E-state index in [4.69, 9.17) is 4.55 Å². The van der Waals surface area contributed by atoms with Crippen molar-refractivity contribution >= 4 is 10.1 Å². The minimum Gasteiger partial charge on any atom is -0.285 e. The number of nitrogens with zero attached hydrogens (tertiary/aromatic N) is 2. The van der Waals surface area contributed by atoms with Crippen molar-refractivity contribution in [2.45, 2.75) is 5.75 Å². The molecule has 0 aliphatic carbocycles. The Labute approximate surface area is 64.4 Å². The van der Waals surface area contributed by atoms with Gasteiger partial charge in [-0.05, 0) is 6.07 Å². The summed E-state index contributed by atoms with van der Waals surface area (Å²) < 4.78 is 30.6. The van der Waals surface area contributed by atoms with Gasteiger partial charge >= 0.3 is 0 Å². The zero-order valence-corrected chi connectivity index (χ0v) is 6.74. The third-order valence-corrected chi connectivity index (χ3v) is 1.91. The van der Waals surface area contributed by atoms with Crippen molar-refractivity contribution in [1.82, 2.24) is 9.78 Å². The second-order valence-corrected chi connectivity index (χ2v) is 3.62. The van der Waals surface area contributed by atoms with Crippen molar-refractivity contribution in [3.05, 3.63) is 18.0 Å². The maximum absolute atomic E-state index is 10.4. The van der Waals surface area contributed by atoms with E-state index in [-0.39, 0.29) is 5.75 Å². The van der Waals surface area contributed by atoms with Crippen molar-refractivity contribution in [3.8, 4) is 0 Å². The number of aromatic nitrogens is 2. The minimum atomic E-state index is -3.93. The molecule has 11 heavy (non-hydrogen) atoms. The highest BCUT2D eigenvalue weighted by Crippen LogP contribution is 2.01. The molecule has 1 rings (SSSR count). The van der Waals surface area contributed by atoms with Gasteiger partial charge in [0.25, 0.3) is 10.1 Å². The molecular formula is C5H8N2O3S. The summed E-state index contributed by atoms with van der Waals surface area (Å²) in [7, 11) is -2.32. The topological polar surface area (TPSA) is 72.2 Å². The standard InChI is InChI=1S/C5H8N2O3S/c1-7-5(2-3-6-7)4-11(8,9)10/h2-3H,4H2,1H3,(H,8,9,10). The van der Waals surface area contributed by atoms with Crippen molar-refractivity contribution in [2.24, 2.45) is 7.05 Å². The first-order chi connectivity index (χ1) is 4.99. The molecule has 0 unspecified atom stereocenters. The van der Waals surface area contributed by atoms with E-state index in [1.807, 2.05) is 0 Å². The first-order valence-electron chi connectivity index (χ1n) is 2.91. The molecule has 0 aliphatic heterocycles. The zero-order chi connectivity index (χ0) is 8.48. The fourth-order valence-corrected chi connectivity index (χ4v) is 1.39. The molecule has 0 bridgehead atoms. The van der Waals surface area contributed by atoms with Crippen molar-refractivity contribution < 1.29 is 13.0 Å². The molecule has 0 saturated carbocycles. The molecule has 0 atom stereocenters. The Kier molecular flexibility index (Phi) is 1.97. The van der Waals surface area contributed by atoms with Crippen LogP contribution in [0, 0.1) is 0 Å². The lowest BCUT2D eigenvalue weighted by Gasteiger charge is -1.97. The number of hydrogen-bond acceptors (Lipinski definition) is 3. The molecule has 62 valence electrons. The van der Waals surface area contributed by atoms with Gasteiger partial charge in [-0.25, -0.2) is 0 Å². The van der Waals surface area contributed by atoms with Crippen LogP contribution in [0.25, 0.3) is 0 Å². The Bertz CT molecular complexity index is 340. The van der Waals surface area contributed by atoms with Gasteiger partial charge < -0.3 is 0 Å². The number of aryl methyl sites for hydroxylation is 1. The molecule has 1 N–H and O–H groups in total. The summed E-state index contributed by atoms with van der Waals surface area (Å²) in [6.45, 7) is 0. The SMILES string of the molecule is Cn1nccc1CS(=O)(=O)O. The van der Waals surface area contributed by atoms with E-state index in [2.05, 4.69) is 5.10 Å². The highest BCUT2D eigenvalue weighted by atomic mass is 32.2.